The fourth-order valence-corrected chi connectivity index (χ4v) is 1.44. The number of halogens is 1. The van der Waals surface area contributed by atoms with Crippen LogP contribution in [-0.2, 0) is 0 Å². The molecule has 0 amide bonds. The molecular weight excluding hydrogens is 210 g/mol. The number of aryl methyl sites for hydroxylation is 1. The van der Waals surface area contributed by atoms with Crippen molar-refractivity contribution in [3.8, 4) is 6.07 Å². The summed E-state index contributed by atoms with van der Waals surface area (Å²) in [5, 5.41) is 8.89. The number of hydrogen-bond acceptors (Lipinski definition) is 3. The Bertz CT molecular complexity index is 382. The van der Waals surface area contributed by atoms with Crippen LogP contribution in [0.4, 0.5) is 0 Å². The van der Waals surface area contributed by atoms with Crippen molar-refractivity contribution in [2.24, 2.45) is 0 Å². The van der Waals surface area contributed by atoms with Gasteiger partial charge in [-0.2, -0.15) is 5.26 Å². The Hall–Kier alpha value is -1.14. The third-order valence-electron chi connectivity index (χ3n) is 2.10. The third-order valence-corrected chi connectivity index (χ3v) is 2.41. The molecule has 1 aromatic rings. The average Bonchev–Trinajstić information content (AvgIpc) is 2.18. The van der Waals surface area contributed by atoms with Gasteiger partial charge in [0.25, 0.3) is 0 Å². The van der Waals surface area contributed by atoms with Crippen LogP contribution in [0.15, 0.2) is 6.07 Å². The fraction of sp³-hybridized carbons (Fsp3) is 0.545. The highest BCUT2D eigenvalue weighted by Crippen LogP contribution is 2.17. The third kappa shape index (κ3) is 2.90. The molecule has 1 aromatic heterocycles. The van der Waals surface area contributed by atoms with Gasteiger partial charge < -0.3 is 0 Å². The van der Waals surface area contributed by atoms with E-state index in [1.54, 1.807) is 0 Å². The minimum absolute atomic E-state index is 0.234. The van der Waals surface area contributed by atoms with Crippen LogP contribution in [0.5, 0.6) is 0 Å². The molecule has 0 aromatic carbocycles. The zero-order valence-electron chi connectivity index (χ0n) is 9.16. The smallest absolute Gasteiger partial charge is 0.147 e. The number of nitriles is 1. The molecule has 0 bridgehead atoms. The number of hydrogen-bond donors (Lipinski definition) is 0. The molecule has 1 rings (SSSR count). The van der Waals surface area contributed by atoms with Gasteiger partial charge in [0.1, 0.15) is 11.7 Å². The number of nitrogens with zero attached hydrogens (tertiary/aromatic N) is 3. The Kier molecular flexibility index (Phi) is 4.05. The van der Waals surface area contributed by atoms with E-state index >= 15 is 0 Å². The van der Waals surface area contributed by atoms with Crippen molar-refractivity contribution in [3.05, 3.63) is 23.3 Å². The van der Waals surface area contributed by atoms with Crippen LogP contribution < -0.4 is 0 Å². The highest BCUT2D eigenvalue weighted by atomic mass is 35.5. The Balaban J connectivity index is 3.14. The SMILES string of the molecule is Cc1cc(C(C)C)nc(C(C#N)CCl)n1. The van der Waals surface area contributed by atoms with E-state index in [-0.39, 0.29) is 5.88 Å². The van der Waals surface area contributed by atoms with Gasteiger partial charge in [-0.05, 0) is 18.9 Å². The summed E-state index contributed by atoms with van der Waals surface area (Å²) in [7, 11) is 0. The summed E-state index contributed by atoms with van der Waals surface area (Å²) in [5.74, 6) is 0.692. The molecule has 0 fully saturated rings. The molecule has 0 radical (unpaired) electrons. The van der Waals surface area contributed by atoms with Gasteiger partial charge in [-0.25, -0.2) is 9.97 Å². The molecule has 0 aliphatic heterocycles. The predicted octanol–water partition coefficient (Wildman–Crippen LogP) is 2.75. The van der Waals surface area contributed by atoms with Crippen LogP contribution in [0.25, 0.3) is 0 Å². The molecule has 0 saturated carbocycles. The highest BCUT2D eigenvalue weighted by Gasteiger charge is 2.14. The van der Waals surface area contributed by atoms with Crippen LogP contribution in [0.1, 0.15) is 42.9 Å². The van der Waals surface area contributed by atoms with Gasteiger partial charge in [-0.1, -0.05) is 13.8 Å². The van der Waals surface area contributed by atoms with Gasteiger partial charge in [-0.3, -0.25) is 0 Å². The topological polar surface area (TPSA) is 49.6 Å². The van der Waals surface area contributed by atoms with Crippen molar-refractivity contribution in [2.75, 3.05) is 5.88 Å². The van der Waals surface area contributed by atoms with Gasteiger partial charge in [0.05, 0.1) is 6.07 Å². The van der Waals surface area contributed by atoms with Gasteiger partial charge >= 0.3 is 0 Å². The first-order chi connectivity index (χ1) is 7.08. The summed E-state index contributed by atoms with van der Waals surface area (Å²) in [5.41, 5.74) is 1.84. The predicted molar refractivity (Wildman–Crippen MR) is 59.9 cm³/mol. The lowest BCUT2D eigenvalue weighted by Gasteiger charge is -2.10. The van der Waals surface area contributed by atoms with E-state index in [2.05, 4.69) is 29.9 Å². The monoisotopic (exact) mass is 223 g/mol. The highest BCUT2D eigenvalue weighted by molar-refractivity contribution is 6.18. The van der Waals surface area contributed by atoms with Crippen LogP contribution >= 0.6 is 11.6 Å². The number of rotatable bonds is 3. The van der Waals surface area contributed by atoms with Crippen LogP contribution in [-0.4, -0.2) is 15.8 Å². The Morgan fingerprint density at radius 3 is 2.60 bits per heavy atom. The molecule has 1 unspecified atom stereocenters. The Morgan fingerprint density at radius 1 is 1.47 bits per heavy atom. The summed E-state index contributed by atoms with van der Waals surface area (Å²) in [4.78, 5) is 8.60. The molecule has 15 heavy (non-hydrogen) atoms. The Morgan fingerprint density at radius 2 is 2.13 bits per heavy atom. The summed E-state index contributed by atoms with van der Waals surface area (Å²) in [6.45, 7) is 6.03. The molecule has 0 aliphatic rings. The molecule has 0 spiro atoms. The van der Waals surface area contributed by atoms with Crippen molar-refractivity contribution >= 4 is 11.6 Å². The van der Waals surface area contributed by atoms with Gasteiger partial charge in [0, 0.05) is 17.3 Å². The number of aromatic nitrogens is 2. The average molecular weight is 224 g/mol. The molecule has 1 atom stereocenters. The lowest BCUT2D eigenvalue weighted by atomic mass is 10.1. The summed E-state index contributed by atoms with van der Waals surface area (Å²) in [6, 6.07) is 4.05. The second-order valence-corrected chi connectivity index (χ2v) is 4.09. The first kappa shape index (κ1) is 11.9. The van der Waals surface area contributed by atoms with Gasteiger partial charge in [-0.15, -0.1) is 11.6 Å². The van der Waals surface area contributed by atoms with E-state index in [1.165, 1.54) is 0 Å². The van der Waals surface area contributed by atoms with Crippen molar-refractivity contribution in [3.63, 3.8) is 0 Å². The molecule has 4 heteroatoms. The normalized spacial score (nSPS) is 12.5. The van der Waals surface area contributed by atoms with E-state index in [0.717, 1.165) is 11.4 Å². The maximum absolute atomic E-state index is 8.89. The molecule has 3 nitrogen and oxygen atoms in total. The second-order valence-electron chi connectivity index (χ2n) is 3.78. The molecule has 0 aliphatic carbocycles. The van der Waals surface area contributed by atoms with Crippen molar-refractivity contribution in [1.29, 1.82) is 5.26 Å². The molecule has 1 heterocycles. The van der Waals surface area contributed by atoms with E-state index in [4.69, 9.17) is 16.9 Å². The minimum atomic E-state index is -0.413. The zero-order chi connectivity index (χ0) is 11.4. The molecule has 80 valence electrons. The zero-order valence-corrected chi connectivity index (χ0v) is 9.91. The lowest BCUT2D eigenvalue weighted by Crippen LogP contribution is -2.08. The van der Waals surface area contributed by atoms with E-state index in [1.807, 2.05) is 13.0 Å². The quantitative estimate of drug-likeness (QED) is 0.741. The van der Waals surface area contributed by atoms with Crippen molar-refractivity contribution in [2.45, 2.75) is 32.6 Å². The van der Waals surface area contributed by atoms with E-state index in [0.29, 0.717) is 11.7 Å². The van der Waals surface area contributed by atoms with Crippen LogP contribution in [0.2, 0.25) is 0 Å². The lowest BCUT2D eigenvalue weighted by molar-refractivity contribution is 0.759. The first-order valence-electron chi connectivity index (χ1n) is 4.89. The molecule has 0 N–H and O–H groups in total. The fourth-order valence-electron chi connectivity index (χ4n) is 1.23. The van der Waals surface area contributed by atoms with E-state index < -0.39 is 5.92 Å². The maximum atomic E-state index is 8.89. The molecular formula is C11H14ClN3. The second kappa shape index (κ2) is 5.09. The Labute approximate surface area is 95.1 Å². The maximum Gasteiger partial charge on any atom is 0.147 e. The summed E-state index contributed by atoms with van der Waals surface area (Å²) in [6.07, 6.45) is 0. The van der Waals surface area contributed by atoms with Gasteiger partial charge in [0.2, 0.25) is 0 Å². The first-order valence-corrected chi connectivity index (χ1v) is 5.43. The van der Waals surface area contributed by atoms with Crippen molar-refractivity contribution < 1.29 is 0 Å². The standard InChI is InChI=1S/C11H14ClN3/c1-7(2)10-4-8(3)14-11(15-10)9(5-12)6-13/h4,7,9H,5H2,1-3H3. The summed E-state index contributed by atoms with van der Waals surface area (Å²) >= 11 is 5.68. The number of alkyl halides is 1. The van der Waals surface area contributed by atoms with Gasteiger partial charge in [0.15, 0.2) is 0 Å². The summed E-state index contributed by atoms with van der Waals surface area (Å²) < 4.78 is 0. The van der Waals surface area contributed by atoms with Crippen molar-refractivity contribution in [1.82, 2.24) is 9.97 Å². The van der Waals surface area contributed by atoms with E-state index in [9.17, 15) is 0 Å². The minimum Gasteiger partial charge on any atom is -0.237 e. The van der Waals surface area contributed by atoms with Crippen LogP contribution in [0, 0.1) is 18.3 Å². The van der Waals surface area contributed by atoms with Crippen LogP contribution in [0.3, 0.4) is 0 Å². The largest absolute Gasteiger partial charge is 0.237 e. The molecule has 0 saturated heterocycles.